The van der Waals surface area contributed by atoms with Crippen molar-refractivity contribution in [3.05, 3.63) is 18.0 Å². The maximum atomic E-state index is 4.62. The summed E-state index contributed by atoms with van der Waals surface area (Å²) < 4.78 is 2.16. The summed E-state index contributed by atoms with van der Waals surface area (Å²) in [6.07, 6.45) is 7.47. The van der Waals surface area contributed by atoms with Gasteiger partial charge < -0.3 is 5.32 Å². The molecule has 1 fully saturated rings. The largest absolute Gasteiger partial charge is 0.309 e. The number of rotatable bonds is 4. The fourth-order valence-corrected chi connectivity index (χ4v) is 2.15. The predicted octanol–water partition coefficient (Wildman–Crippen LogP) is 2.50. The van der Waals surface area contributed by atoms with Gasteiger partial charge in [0, 0.05) is 18.8 Å². The molecule has 0 atom stereocenters. The number of aromatic nitrogens is 2. The third-order valence-corrected chi connectivity index (χ3v) is 3.05. The van der Waals surface area contributed by atoms with Crippen molar-refractivity contribution in [1.82, 2.24) is 15.1 Å². The minimum atomic E-state index is 0.529. The Hall–Kier alpha value is -0.830. The fraction of sp³-hybridized carbons (Fsp3) is 0.750. The normalized spacial score (nSPS) is 17.8. The molecule has 1 aromatic rings. The van der Waals surface area contributed by atoms with E-state index in [1.165, 1.54) is 25.7 Å². The van der Waals surface area contributed by atoms with Crippen LogP contribution in [0.15, 0.2) is 12.3 Å². The van der Waals surface area contributed by atoms with Crippen molar-refractivity contribution in [3.63, 3.8) is 0 Å². The summed E-state index contributed by atoms with van der Waals surface area (Å²) >= 11 is 0. The number of hydrogen-bond acceptors (Lipinski definition) is 2. The lowest BCUT2D eigenvalue weighted by Gasteiger charge is -2.09. The maximum Gasteiger partial charge on any atom is 0.0762 e. The molecule has 1 N–H and O–H groups in total. The van der Waals surface area contributed by atoms with Crippen LogP contribution in [-0.2, 0) is 6.54 Å². The summed E-state index contributed by atoms with van der Waals surface area (Å²) in [4.78, 5) is 0. The Balaban J connectivity index is 1.91. The van der Waals surface area contributed by atoms with Crippen molar-refractivity contribution in [2.75, 3.05) is 0 Å². The first kappa shape index (κ1) is 10.7. The second-order valence-electron chi connectivity index (χ2n) is 4.76. The lowest BCUT2D eigenvalue weighted by atomic mass is 10.3. The number of hydrogen-bond donors (Lipinski definition) is 1. The smallest absolute Gasteiger partial charge is 0.0762 e. The van der Waals surface area contributed by atoms with E-state index in [9.17, 15) is 0 Å². The molecular formula is C12H21N3. The van der Waals surface area contributed by atoms with Gasteiger partial charge >= 0.3 is 0 Å². The lowest BCUT2D eigenvalue weighted by Crippen LogP contribution is -2.22. The molecule has 1 aliphatic rings. The van der Waals surface area contributed by atoms with Crippen LogP contribution in [0.4, 0.5) is 0 Å². The fourth-order valence-electron chi connectivity index (χ4n) is 2.15. The van der Waals surface area contributed by atoms with Gasteiger partial charge in [-0.1, -0.05) is 26.7 Å². The molecular weight excluding hydrogens is 186 g/mol. The topological polar surface area (TPSA) is 29.9 Å². The molecule has 84 valence electrons. The van der Waals surface area contributed by atoms with Crippen LogP contribution in [0.3, 0.4) is 0 Å². The zero-order chi connectivity index (χ0) is 10.7. The van der Waals surface area contributed by atoms with Crippen molar-refractivity contribution in [2.24, 2.45) is 0 Å². The molecule has 3 nitrogen and oxygen atoms in total. The molecule has 15 heavy (non-hydrogen) atoms. The molecule has 0 unspecified atom stereocenters. The molecule has 0 bridgehead atoms. The van der Waals surface area contributed by atoms with Gasteiger partial charge in [0.1, 0.15) is 0 Å². The molecule has 0 amide bonds. The molecule has 0 aromatic carbocycles. The summed E-state index contributed by atoms with van der Waals surface area (Å²) in [6, 6.07) is 3.33. The molecule has 0 radical (unpaired) electrons. The Morgan fingerprint density at radius 3 is 2.87 bits per heavy atom. The van der Waals surface area contributed by atoms with E-state index >= 15 is 0 Å². The molecule has 1 saturated carbocycles. The molecule has 0 aliphatic heterocycles. The first-order valence-corrected chi connectivity index (χ1v) is 6.03. The van der Waals surface area contributed by atoms with Crippen LogP contribution in [0.2, 0.25) is 0 Å². The zero-order valence-corrected chi connectivity index (χ0v) is 9.74. The van der Waals surface area contributed by atoms with E-state index < -0.39 is 0 Å². The molecule has 0 saturated heterocycles. The van der Waals surface area contributed by atoms with Crippen molar-refractivity contribution in [1.29, 1.82) is 0 Å². The quantitative estimate of drug-likeness (QED) is 0.822. The monoisotopic (exact) mass is 207 g/mol. The third-order valence-electron chi connectivity index (χ3n) is 3.05. The Bertz CT molecular complexity index is 298. The van der Waals surface area contributed by atoms with E-state index in [-0.39, 0.29) is 0 Å². The summed E-state index contributed by atoms with van der Waals surface area (Å²) in [7, 11) is 0. The van der Waals surface area contributed by atoms with Crippen LogP contribution in [-0.4, -0.2) is 15.8 Å². The predicted molar refractivity (Wildman–Crippen MR) is 61.7 cm³/mol. The van der Waals surface area contributed by atoms with Crippen LogP contribution in [0.25, 0.3) is 0 Å². The highest BCUT2D eigenvalue weighted by molar-refractivity contribution is 5.00. The van der Waals surface area contributed by atoms with Crippen LogP contribution in [0.5, 0.6) is 0 Å². The molecule has 1 aromatic heterocycles. The van der Waals surface area contributed by atoms with Gasteiger partial charge in [0.2, 0.25) is 0 Å². The first-order valence-electron chi connectivity index (χ1n) is 6.03. The van der Waals surface area contributed by atoms with Crippen molar-refractivity contribution in [2.45, 2.75) is 58.2 Å². The minimum Gasteiger partial charge on any atom is -0.309 e. The van der Waals surface area contributed by atoms with Crippen LogP contribution >= 0.6 is 0 Å². The van der Waals surface area contributed by atoms with Crippen LogP contribution in [0.1, 0.15) is 51.3 Å². The van der Waals surface area contributed by atoms with Gasteiger partial charge in [0.05, 0.1) is 11.7 Å². The standard InChI is InChI=1S/C12H21N3/c1-10(2)13-9-11-7-8-15(14-11)12-5-3-4-6-12/h7-8,10,12-13H,3-6,9H2,1-2H3. The molecule has 1 aliphatic carbocycles. The summed E-state index contributed by atoms with van der Waals surface area (Å²) in [5.74, 6) is 0. The van der Waals surface area contributed by atoms with Gasteiger partial charge in [-0.3, -0.25) is 4.68 Å². The zero-order valence-electron chi connectivity index (χ0n) is 9.74. The van der Waals surface area contributed by atoms with E-state index in [0.29, 0.717) is 12.1 Å². The van der Waals surface area contributed by atoms with Gasteiger partial charge in [-0.05, 0) is 18.9 Å². The van der Waals surface area contributed by atoms with E-state index in [4.69, 9.17) is 0 Å². The van der Waals surface area contributed by atoms with Gasteiger partial charge in [-0.15, -0.1) is 0 Å². The summed E-state index contributed by atoms with van der Waals surface area (Å²) in [5, 5.41) is 8.01. The van der Waals surface area contributed by atoms with Crippen molar-refractivity contribution < 1.29 is 0 Å². The Morgan fingerprint density at radius 2 is 2.20 bits per heavy atom. The lowest BCUT2D eigenvalue weighted by molar-refractivity contribution is 0.459. The van der Waals surface area contributed by atoms with E-state index in [2.05, 4.69) is 41.2 Å². The van der Waals surface area contributed by atoms with E-state index in [0.717, 1.165) is 12.2 Å². The van der Waals surface area contributed by atoms with Crippen molar-refractivity contribution in [3.8, 4) is 0 Å². The highest BCUT2D eigenvalue weighted by atomic mass is 15.3. The SMILES string of the molecule is CC(C)NCc1ccn(C2CCCC2)n1. The van der Waals surface area contributed by atoms with Crippen LogP contribution < -0.4 is 5.32 Å². The number of nitrogens with one attached hydrogen (secondary N) is 1. The molecule has 0 spiro atoms. The summed E-state index contributed by atoms with van der Waals surface area (Å²) in [6.45, 7) is 5.21. The second kappa shape index (κ2) is 4.79. The van der Waals surface area contributed by atoms with Crippen molar-refractivity contribution >= 4 is 0 Å². The average Bonchev–Trinajstić information content (AvgIpc) is 2.85. The van der Waals surface area contributed by atoms with Crippen LogP contribution in [0, 0.1) is 0 Å². The Labute approximate surface area is 91.9 Å². The Morgan fingerprint density at radius 1 is 1.47 bits per heavy atom. The van der Waals surface area contributed by atoms with Gasteiger partial charge in [0.25, 0.3) is 0 Å². The average molecular weight is 207 g/mol. The second-order valence-corrected chi connectivity index (χ2v) is 4.76. The Kier molecular flexibility index (Phi) is 3.41. The molecule has 2 rings (SSSR count). The summed E-state index contributed by atoms with van der Waals surface area (Å²) in [5.41, 5.74) is 1.16. The highest BCUT2D eigenvalue weighted by Gasteiger charge is 2.17. The molecule has 3 heteroatoms. The third kappa shape index (κ3) is 2.81. The van der Waals surface area contributed by atoms with Gasteiger partial charge in [-0.25, -0.2) is 0 Å². The van der Waals surface area contributed by atoms with Gasteiger partial charge in [0.15, 0.2) is 0 Å². The van der Waals surface area contributed by atoms with E-state index in [1.54, 1.807) is 0 Å². The number of nitrogens with zero attached hydrogens (tertiary/aromatic N) is 2. The van der Waals surface area contributed by atoms with Gasteiger partial charge in [-0.2, -0.15) is 5.10 Å². The minimum absolute atomic E-state index is 0.529. The maximum absolute atomic E-state index is 4.62. The first-order chi connectivity index (χ1) is 7.25. The van der Waals surface area contributed by atoms with E-state index in [1.807, 2.05) is 0 Å². The highest BCUT2D eigenvalue weighted by Crippen LogP contribution is 2.28. The molecule has 1 heterocycles.